The second kappa shape index (κ2) is 9.04. The fourth-order valence-corrected chi connectivity index (χ4v) is 4.37. The predicted molar refractivity (Wildman–Crippen MR) is 116 cm³/mol. The van der Waals surface area contributed by atoms with Gasteiger partial charge in [-0.15, -0.1) is 0 Å². The Hall–Kier alpha value is -2.60. The van der Waals surface area contributed by atoms with E-state index in [1.54, 1.807) is 6.07 Å². The third kappa shape index (κ3) is 4.43. The minimum atomic E-state index is -0.287. The molecule has 160 valence electrons. The largest absolute Gasteiger partial charge is 0.492 e. The summed E-state index contributed by atoms with van der Waals surface area (Å²) in [6.07, 6.45) is 0.656. The molecule has 1 saturated heterocycles. The first kappa shape index (κ1) is 20.7. The van der Waals surface area contributed by atoms with Crippen LogP contribution in [0.1, 0.15) is 31.0 Å². The van der Waals surface area contributed by atoms with Crippen LogP contribution in [0.4, 0.5) is 10.1 Å². The number of fused-ring (bicyclic) bond motifs is 1. The van der Waals surface area contributed by atoms with Crippen molar-refractivity contribution in [2.75, 3.05) is 44.2 Å². The van der Waals surface area contributed by atoms with Gasteiger partial charge >= 0.3 is 0 Å². The van der Waals surface area contributed by atoms with Crippen molar-refractivity contribution in [3.8, 4) is 5.75 Å². The van der Waals surface area contributed by atoms with Crippen molar-refractivity contribution in [3.05, 3.63) is 59.4 Å². The lowest BCUT2D eigenvalue weighted by atomic mass is 9.95. The monoisotopic (exact) mass is 411 g/mol. The number of ether oxygens (including phenoxy) is 1. The minimum Gasteiger partial charge on any atom is -0.492 e. The van der Waals surface area contributed by atoms with Gasteiger partial charge in [-0.3, -0.25) is 4.79 Å². The summed E-state index contributed by atoms with van der Waals surface area (Å²) in [5, 5.41) is 3.10. The number of halogens is 1. The highest BCUT2D eigenvalue weighted by molar-refractivity contribution is 5.80. The summed E-state index contributed by atoms with van der Waals surface area (Å²) in [5.41, 5.74) is 2.88. The van der Waals surface area contributed by atoms with Gasteiger partial charge in [0.25, 0.3) is 0 Å². The molecule has 2 aromatic carbocycles. The number of benzene rings is 2. The Morgan fingerprint density at radius 1 is 1.20 bits per heavy atom. The number of anilines is 1. The van der Waals surface area contributed by atoms with Gasteiger partial charge < -0.3 is 19.9 Å². The average molecular weight is 412 g/mol. The number of nitrogens with zero attached hydrogens (tertiary/aromatic N) is 2. The van der Waals surface area contributed by atoms with Gasteiger partial charge in [-0.25, -0.2) is 4.39 Å². The van der Waals surface area contributed by atoms with Gasteiger partial charge in [-0.2, -0.15) is 0 Å². The summed E-state index contributed by atoms with van der Waals surface area (Å²) in [7, 11) is 0. The van der Waals surface area contributed by atoms with Crippen LogP contribution in [0.2, 0.25) is 0 Å². The number of carbonyl (C=O) groups excluding carboxylic acids is 1. The van der Waals surface area contributed by atoms with Crippen LogP contribution in [-0.2, 0) is 11.2 Å². The number of hydrogen-bond donors (Lipinski definition) is 1. The van der Waals surface area contributed by atoms with Gasteiger partial charge in [0.05, 0.1) is 12.0 Å². The Labute approximate surface area is 177 Å². The van der Waals surface area contributed by atoms with E-state index in [0.29, 0.717) is 13.0 Å². The average Bonchev–Trinajstić information content (AvgIpc) is 2.78. The number of rotatable bonds is 5. The van der Waals surface area contributed by atoms with E-state index < -0.39 is 0 Å². The zero-order valence-corrected chi connectivity index (χ0v) is 17.7. The molecule has 2 unspecified atom stereocenters. The third-order valence-corrected chi connectivity index (χ3v) is 6.22. The van der Waals surface area contributed by atoms with Crippen molar-refractivity contribution < 1.29 is 13.9 Å². The number of hydrogen-bond acceptors (Lipinski definition) is 4. The number of para-hydroxylation sites is 1. The van der Waals surface area contributed by atoms with Crippen LogP contribution in [-0.4, -0.2) is 50.1 Å². The smallest absolute Gasteiger partial charge is 0.227 e. The molecular weight excluding hydrogens is 381 g/mol. The molecule has 2 aliphatic heterocycles. The Bertz CT molecular complexity index is 896. The molecule has 0 bridgehead atoms. The van der Waals surface area contributed by atoms with E-state index in [1.165, 1.54) is 6.07 Å². The number of amides is 1. The molecule has 0 radical (unpaired) electrons. The fraction of sp³-hybridized carbons (Fsp3) is 0.458. The summed E-state index contributed by atoms with van der Waals surface area (Å²) in [6.45, 7) is 9.30. The number of carbonyl (C=O) groups is 1. The number of nitrogens with one attached hydrogen (secondary N) is 1. The topological polar surface area (TPSA) is 44.8 Å². The molecule has 0 saturated carbocycles. The molecule has 1 fully saturated rings. The molecule has 6 heteroatoms. The highest BCUT2D eigenvalue weighted by Gasteiger charge is 2.28. The number of likely N-dealkylation sites (N-methyl/N-ethyl adjacent to an activating group) is 1. The lowest BCUT2D eigenvalue weighted by Crippen LogP contribution is -2.46. The van der Waals surface area contributed by atoms with E-state index in [-0.39, 0.29) is 23.7 Å². The molecule has 0 aliphatic carbocycles. The first-order chi connectivity index (χ1) is 14.5. The van der Waals surface area contributed by atoms with Crippen LogP contribution in [0.5, 0.6) is 5.75 Å². The predicted octanol–water partition coefficient (Wildman–Crippen LogP) is 3.40. The van der Waals surface area contributed by atoms with E-state index in [2.05, 4.69) is 22.0 Å². The minimum absolute atomic E-state index is 0.0528. The molecule has 0 spiro atoms. The second-order valence-electron chi connectivity index (χ2n) is 8.17. The van der Waals surface area contributed by atoms with Crippen molar-refractivity contribution in [1.29, 1.82) is 0 Å². The molecule has 2 aromatic rings. The Morgan fingerprint density at radius 2 is 1.97 bits per heavy atom. The molecule has 2 atom stereocenters. The standard InChI is InChI=1S/C24H30FN3O2/c1-3-27-10-12-28(13-11-27)22-9-8-20(25)15-21(22)17(2)26-24(29)19-14-18-6-4-5-7-23(18)30-16-19/h4-9,15,17,19H,3,10-14,16H2,1-2H3,(H,26,29). The molecule has 1 amide bonds. The quantitative estimate of drug-likeness (QED) is 0.819. The summed E-state index contributed by atoms with van der Waals surface area (Å²) in [6, 6.07) is 12.4. The molecule has 5 nitrogen and oxygen atoms in total. The van der Waals surface area contributed by atoms with Gasteiger partial charge in [-0.1, -0.05) is 25.1 Å². The van der Waals surface area contributed by atoms with Gasteiger partial charge in [-0.05, 0) is 49.7 Å². The van der Waals surface area contributed by atoms with Gasteiger partial charge in [0.1, 0.15) is 18.2 Å². The van der Waals surface area contributed by atoms with Gasteiger partial charge in [0.15, 0.2) is 0 Å². The highest BCUT2D eigenvalue weighted by Crippen LogP contribution is 2.30. The number of piperazine rings is 1. The SMILES string of the molecule is CCN1CCN(c2ccc(F)cc2C(C)NC(=O)C2COc3ccccc3C2)CC1. The summed E-state index contributed by atoms with van der Waals surface area (Å²) >= 11 is 0. The molecular formula is C24H30FN3O2. The van der Waals surface area contributed by atoms with Crippen LogP contribution in [0.25, 0.3) is 0 Å². The van der Waals surface area contributed by atoms with Gasteiger partial charge in [0, 0.05) is 37.4 Å². The molecule has 1 N–H and O–H groups in total. The molecule has 2 heterocycles. The third-order valence-electron chi connectivity index (χ3n) is 6.22. The van der Waals surface area contributed by atoms with Crippen molar-refractivity contribution in [2.45, 2.75) is 26.3 Å². The van der Waals surface area contributed by atoms with Crippen molar-refractivity contribution in [2.24, 2.45) is 5.92 Å². The summed E-state index contributed by atoms with van der Waals surface area (Å²) < 4.78 is 19.9. The summed E-state index contributed by atoms with van der Waals surface area (Å²) in [5.74, 6) is 0.278. The van der Waals surface area contributed by atoms with E-state index in [9.17, 15) is 9.18 Å². The second-order valence-corrected chi connectivity index (χ2v) is 8.17. The molecule has 2 aliphatic rings. The Kier molecular flexibility index (Phi) is 6.23. The molecule has 0 aromatic heterocycles. The van der Waals surface area contributed by atoms with Crippen LogP contribution in [0.15, 0.2) is 42.5 Å². The molecule has 4 rings (SSSR count). The van der Waals surface area contributed by atoms with E-state index in [4.69, 9.17) is 4.74 Å². The maximum Gasteiger partial charge on any atom is 0.227 e. The van der Waals surface area contributed by atoms with E-state index >= 15 is 0 Å². The first-order valence-electron chi connectivity index (χ1n) is 10.8. The Balaban J connectivity index is 1.46. The van der Waals surface area contributed by atoms with E-state index in [0.717, 1.165) is 55.3 Å². The van der Waals surface area contributed by atoms with Crippen molar-refractivity contribution >= 4 is 11.6 Å². The maximum atomic E-state index is 14.1. The van der Waals surface area contributed by atoms with Crippen LogP contribution >= 0.6 is 0 Å². The summed E-state index contributed by atoms with van der Waals surface area (Å²) in [4.78, 5) is 17.6. The van der Waals surface area contributed by atoms with Crippen molar-refractivity contribution in [3.63, 3.8) is 0 Å². The fourth-order valence-electron chi connectivity index (χ4n) is 4.37. The zero-order chi connectivity index (χ0) is 21.1. The first-order valence-corrected chi connectivity index (χ1v) is 10.8. The van der Waals surface area contributed by atoms with Crippen molar-refractivity contribution in [1.82, 2.24) is 10.2 Å². The normalized spacial score (nSPS) is 20.2. The van der Waals surface area contributed by atoms with Crippen LogP contribution in [0.3, 0.4) is 0 Å². The highest BCUT2D eigenvalue weighted by atomic mass is 19.1. The van der Waals surface area contributed by atoms with Gasteiger partial charge in [0.2, 0.25) is 5.91 Å². The van der Waals surface area contributed by atoms with E-state index in [1.807, 2.05) is 37.3 Å². The molecule has 30 heavy (non-hydrogen) atoms. The zero-order valence-electron chi connectivity index (χ0n) is 17.7. The Morgan fingerprint density at radius 3 is 2.73 bits per heavy atom. The maximum absolute atomic E-state index is 14.1. The lowest BCUT2D eigenvalue weighted by Gasteiger charge is -2.37. The van der Waals surface area contributed by atoms with Crippen LogP contribution in [0, 0.1) is 11.7 Å². The lowest BCUT2D eigenvalue weighted by molar-refractivity contribution is -0.126. The van der Waals surface area contributed by atoms with Crippen LogP contribution < -0.4 is 15.0 Å².